The molecule has 3 atom stereocenters. The summed E-state index contributed by atoms with van der Waals surface area (Å²) in [6, 6.07) is 6.87. The molecule has 0 aliphatic heterocycles. The van der Waals surface area contributed by atoms with Crippen LogP contribution in [0, 0.1) is 5.92 Å². The smallest absolute Gasteiger partial charge is 0.243 e. The van der Waals surface area contributed by atoms with Gasteiger partial charge in [-0.3, -0.25) is 19.2 Å². The van der Waals surface area contributed by atoms with E-state index in [2.05, 4.69) is 16.0 Å². The van der Waals surface area contributed by atoms with E-state index >= 15 is 0 Å². The molecule has 0 bridgehead atoms. The average molecular weight is 466 g/mol. The molecule has 0 unspecified atom stereocenters. The molecule has 178 valence electrons. The van der Waals surface area contributed by atoms with Crippen molar-refractivity contribution in [3.8, 4) is 0 Å². The lowest BCUT2D eigenvalue weighted by Gasteiger charge is -2.23. The number of thioether (sulfide) groups is 1. The zero-order chi connectivity index (χ0) is 24.1. The predicted molar refractivity (Wildman–Crippen MR) is 127 cm³/mol. The van der Waals surface area contributed by atoms with Crippen molar-refractivity contribution < 1.29 is 19.2 Å². The summed E-state index contributed by atoms with van der Waals surface area (Å²) < 4.78 is 0. The predicted octanol–water partition coefficient (Wildman–Crippen LogP) is -0.0733. The third-order valence-corrected chi connectivity index (χ3v) is 5.33. The summed E-state index contributed by atoms with van der Waals surface area (Å²) in [5.41, 5.74) is 12.2. The lowest BCUT2D eigenvalue weighted by Crippen LogP contribution is -2.55. The molecule has 1 aromatic rings. The molecule has 9 nitrogen and oxygen atoms in total. The third-order valence-electron chi connectivity index (χ3n) is 4.69. The van der Waals surface area contributed by atoms with Crippen molar-refractivity contribution >= 4 is 35.4 Å². The molecule has 32 heavy (non-hydrogen) atoms. The molecular weight excluding hydrogens is 430 g/mol. The van der Waals surface area contributed by atoms with Gasteiger partial charge in [0.15, 0.2) is 0 Å². The Hall–Kier alpha value is -2.59. The van der Waals surface area contributed by atoms with Crippen molar-refractivity contribution in [3.63, 3.8) is 0 Å². The molecule has 0 radical (unpaired) electrons. The molecule has 0 saturated carbocycles. The van der Waals surface area contributed by atoms with Crippen LogP contribution in [0.3, 0.4) is 0 Å². The maximum atomic E-state index is 12.7. The summed E-state index contributed by atoms with van der Waals surface area (Å²) >= 11 is 1.54. The second kappa shape index (κ2) is 14.5. The fraction of sp³-hybridized carbons (Fsp3) is 0.545. The van der Waals surface area contributed by atoms with Crippen molar-refractivity contribution in [1.29, 1.82) is 0 Å². The molecule has 10 heteroatoms. The van der Waals surface area contributed by atoms with E-state index in [9.17, 15) is 19.2 Å². The van der Waals surface area contributed by atoms with E-state index in [1.54, 1.807) is 0 Å². The number of primary amides is 1. The molecule has 0 heterocycles. The lowest BCUT2D eigenvalue weighted by atomic mass is 10.0. The monoisotopic (exact) mass is 465 g/mol. The Kier molecular flexibility index (Phi) is 12.4. The van der Waals surface area contributed by atoms with Crippen LogP contribution in [0.2, 0.25) is 0 Å². The maximum absolute atomic E-state index is 12.7. The molecule has 0 saturated heterocycles. The molecular formula is C22H35N5O4S. The summed E-state index contributed by atoms with van der Waals surface area (Å²) in [5.74, 6) is -1.32. The van der Waals surface area contributed by atoms with Crippen LogP contribution in [0.5, 0.6) is 0 Å². The standard InChI is InChI=1S/C22H35N5O4S/c1-14(2)11-18(22(31)27-17(20(24)29)9-10-32-3)26-19(28)13-25-21(30)16(23)12-15-7-5-4-6-8-15/h4-8,14,16-18H,9-13,23H2,1-3H3,(H2,24,29)(H,25,30)(H,26,28)(H,27,31)/t16-,17-,18-/m0/s1. The van der Waals surface area contributed by atoms with Gasteiger partial charge in [0.05, 0.1) is 12.6 Å². The van der Waals surface area contributed by atoms with Crippen LogP contribution < -0.4 is 27.4 Å². The van der Waals surface area contributed by atoms with E-state index in [0.717, 1.165) is 5.56 Å². The summed E-state index contributed by atoms with van der Waals surface area (Å²) in [6.45, 7) is 3.52. The number of carbonyl (C=O) groups is 4. The Balaban J connectivity index is 2.62. The van der Waals surface area contributed by atoms with E-state index < -0.39 is 41.8 Å². The minimum absolute atomic E-state index is 0.109. The van der Waals surface area contributed by atoms with E-state index in [-0.39, 0.29) is 12.5 Å². The summed E-state index contributed by atoms with van der Waals surface area (Å²) in [4.78, 5) is 48.9. The van der Waals surface area contributed by atoms with Gasteiger partial charge in [-0.2, -0.15) is 11.8 Å². The normalized spacial score (nSPS) is 13.7. The van der Waals surface area contributed by atoms with E-state index in [0.29, 0.717) is 25.0 Å². The van der Waals surface area contributed by atoms with E-state index in [1.165, 1.54) is 11.8 Å². The first-order valence-electron chi connectivity index (χ1n) is 10.6. The summed E-state index contributed by atoms with van der Waals surface area (Å²) in [7, 11) is 0. The molecule has 0 aromatic heterocycles. The Morgan fingerprint density at radius 3 is 2.22 bits per heavy atom. The van der Waals surface area contributed by atoms with Crippen LogP contribution in [-0.2, 0) is 25.6 Å². The molecule has 0 aliphatic rings. The van der Waals surface area contributed by atoms with Crippen LogP contribution in [0.15, 0.2) is 30.3 Å². The van der Waals surface area contributed by atoms with Crippen LogP contribution >= 0.6 is 11.8 Å². The Labute approximate surface area is 193 Å². The Morgan fingerprint density at radius 2 is 1.66 bits per heavy atom. The number of hydrogen-bond acceptors (Lipinski definition) is 6. The highest BCUT2D eigenvalue weighted by Crippen LogP contribution is 2.07. The van der Waals surface area contributed by atoms with Crippen LogP contribution in [-0.4, -0.2) is 60.3 Å². The number of amides is 4. The van der Waals surface area contributed by atoms with Crippen molar-refractivity contribution in [2.24, 2.45) is 17.4 Å². The molecule has 1 rings (SSSR count). The SMILES string of the molecule is CSCC[C@H](NC(=O)[C@H](CC(C)C)NC(=O)CNC(=O)[C@@H](N)Cc1ccccc1)C(N)=O. The number of carbonyl (C=O) groups excluding carboxylic acids is 4. The number of hydrogen-bond donors (Lipinski definition) is 5. The fourth-order valence-corrected chi connectivity index (χ4v) is 3.47. The highest BCUT2D eigenvalue weighted by molar-refractivity contribution is 7.98. The Bertz CT molecular complexity index is 760. The minimum Gasteiger partial charge on any atom is -0.368 e. The number of rotatable bonds is 14. The third kappa shape index (κ3) is 10.6. The molecule has 4 amide bonds. The van der Waals surface area contributed by atoms with Gasteiger partial charge in [-0.15, -0.1) is 0 Å². The van der Waals surface area contributed by atoms with Crippen LogP contribution in [0.25, 0.3) is 0 Å². The highest BCUT2D eigenvalue weighted by Gasteiger charge is 2.26. The van der Waals surface area contributed by atoms with E-state index in [1.807, 2.05) is 50.4 Å². The van der Waals surface area contributed by atoms with Gasteiger partial charge >= 0.3 is 0 Å². The Morgan fingerprint density at radius 1 is 1.00 bits per heavy atom. The minimum atomic E-state index is -0.853. The molecule has 0 fully saturated rings. The number of nitrogens with one attached hydrogen (secondary N) is 3. The average Bonchev–Trinajstić information content (AvgIpc) is 2.74. The van der Waals surface area contributed by atoms with Crippen molar-refractivity contribution in [1.82, 2.24) is 16.0 Å². The van der Waals surface area contributed by atoms with Gasteiger partial charge in [0, 0.05) is 0 Å². The second-order valence-corrected chi connectivity index (χ2v) is 8.99. The van der Waals surface area contributed by atoms with Crippen molar-refractivity contribution in [3.05, 3.63) is 35.9 Å². The van der Waals surface area contributed by atoms with Crippen LogP contribution in [0.1, 0.15) is 32.3 Å². The van der Waals surface area contributed by atoms with Gasteiger partial charge in [-0.05, 0) is 42.8 Å². The number of nitrogens with two attached hydrogens (primary N) is 2. The van der Waals surface area contributed by atoms with Gasteiger partial charge in [0.2, 0.25) is 23.6 Å². The van der Waals surface area contributed by atoms with E-state index in [4.69, 9.17) is 11.5 Å². The second-order valence-electron chi connectivity index (χ2n) is 8.01. The van der Waals surface area contributed by atoms with Gasteiger partial charge in [-0.25, -0.2) is 0 Å². The molecule has 0 spiro atoms. The molecule has 7 N–H and O–H groups in total. The van der Waals surface area contributed by atoms with Crippen molar-refractivity contribution in [2.75, 3.05) is 18.6 Å². The largest absolute Gasteiger partial charge is 0.368 e. The molecule has 0 aliphatic carbocycles. The van der Waals surface area contributed by atoms with Gasteiger partial charge < -0.3 is 27.4 Å². The first-order valence-corrected chi connectivity index (χ1v) is 12.0. The van der Waals surface area contributed by atoms with Crippen LogP contribution in [0.4, 0.5) is 0 Å². The molecule has 1 aromatic carbocycles. The fourth-order valence-electron chi connectivity index (χ4n) is 3.00. The number of benzene rings is 1. The summed E-state index contributed by atoms with van der Waals surface area (Å²) in [6.07, 6.45) is 3.01. The first kappa shape index (κ1) is 27.4. The lowest BCUT2D eigenvalue weighted by molar-refractivity contribution is -0.132. The first-order chi connectivity index (χ1) is 15.1. The zero-order valence-corrected chi connectivity index (χ0v) is 19.7. The van der Waals surface area contributed by atoms with Gasteiger partial charge in [0.25, 0.3) is 0 Å². The topological polar surface area (TPSA) is 156 Å². The van der Waals surface area contributed by atoms with Crippen molar-refractivity contribution in [2.45, 2.75) is 51.2 Å². The highest BCUT2D eigenvalue weighted by atomic mass is 32.2. The van der Waals surface area contributed by atoms with Gasteiger partial charge in [0.1, 0.15) is 12.1 Å². The maximum Gasteiger partial charge on any atom is 0.243 e. The quantitative estimate of drug-likeness (QED) is 0.259. The zero-order valence-electron chi connectivity index (χ0n) is 18.9. The summed E-state index contributed by atoms with van der Waals surface area (Å²) in [5, 5.41) is 7.75. The van der Waals surface area contributed by atoms with Gasteiger partial charge in [-0.1, -0.05) is 44.2 Å².